The van der Waals surface area contributed by atoms with Crippen molar-refractivity contribution in [3.63, 3.8) is 0 Å². The lowest BCUT2D eigenvalue weighted by atomic mass is 9.92. The van der Waals surface area contributed by atoms with Gasteiger partial charge < -0.3 is 15.4 Å². The fourth-order valence-electron chi connectivity index (χ4n) is 2.77. The monoisotopic (exact) mass is 264 g/mol. The van der Waals surface area contributed by atoms with E-state index >= 15 is 0 Å². The molecule has 2 N–H and O–H groups in total. The van der Waals surface area contributed by atoms with Crippen molar-refractivity contribution in [2.75, 3.05) is 30.3 Å². The molecule has 0 amide bonds. The number of nitrogens with zero attached hydrogens (tertiary/aromatic N) is 3. The molecule has 0 aliphatic carbocycles. The Hall–Kier alpha value is -1.52. The smallest absolute Gasteiger partial charge is 0.242 e. The minimum Gasteiger partial charge on any atom is -0.476 e. The molecule has 1 saturated heterocycles. The Morgan fingerprint density at radius 3 is 2.63 bits per heavy atom. The molecule has 0 aromatic carbocycles. The third-order valence-corrected chi connectivity index (χ3v) is 3.44. The number of nitrogen functional groups attached to an aromatic ring is 1. The number of piperidine rings is 1. The van der Waals surface area contributed by atoms with Crippen LogP contribution in [0.1, 0.15) is 33.6 Å². The third-order valence-electron chi connectivity index (χ3n) is 3.44. The molecule has 0 spiro atoms. The first kappa shape index (κ1) is 13.9. The number of nitrogens with two attached hydrogens (primary N) is 1. The Balaban J connectivity index is 2.19. The van der Waals surface area contributed by atoms with Crippen molar-refractivity contribution in [1.29, 1.82) is 0 Å². The molecule has 0 saturated carbocycles. The van der Waals surface area contributed by atoms with E-state index in [9.17, 15) is 0 Å². The zero-order chi connectivity index (χ0) is 13.8. The van der Waals surface area contributed by atoms with Gasteiger partial charge in [0.2, 0.25) is 5.88 Å². The summed E-state index contributed by atoms with van der Waals surface area (Å²) in [6, 6.07) is 0. The molecule has 5 nitrogen and oxygen atoms in total. The van der Waals surface area contributed by atoms with E-state index in [4.69, 9.17) is 10.5 Å². The highest BCUT2D eigenvalue weighted by molar-refractivity contribution is 5.67. The Morgan fingerprint density at radius 1 is 1.32 bits per heavy atom. The quantitative estimate of drug-likeness (QED) is 0.904. The lowest BCUT2D eigenvalue weighted by molar-refractivity contribution is 0.306. The van der Waals surface area contributed by atoms with Gasteiger partial charge in [-0.05, 0) is 24.7 Å². The molecule has 19 heavy (non-hydrogen) atoms. The van der Waals surface area contributed by atoms with Gasteiger partial charge in [-0.3, -0.25) is 0 Å². The Kier molecular flexibility index (Phi) is 4.45. The predicted octanol–water partition coefficient (Wildman–Crippen LogP) is 2.33. The lowest BCUT2D eigenvalue weighted by Gasteiger charge is -2.36. The molecule has 1 aliphatic rings. The lowest BCUT2D eigenvalue weighted by Crippen LogP contribution is -2.39. The molecular weight excluding hydrogens is 240 g/mol. The first-order valence-corrected chi connectivity index (χ1v) is 7.10. The predicted molar refractivity (Wildman–Crippen MR) is 77.4 cm³/mol. The fraction of sp³-hybridized carbons (Fsp3) is 0.714. The second kappa shape index (κ2) is 6.08. The van der Waals surface area contributed by atoms with Crippen LogP contribution in [0.4, 0.5) is 11.5 Å². The van der Waals surface area contributed by atoms with Crippen LogP contribution in [0, 0.1) is 11.8 Å². The van der Waals surface area contributed by atoms with E-state index in [-0.39, 0.29) is 0 Å². The molecule has 0 bridgehead atoms. The van der Waals surface area contributed by atoms with E-state index in [1.165, 1.54) is 6.42 Å². The van der Waals surface area contributed by atoms with Gasteiger partial charge in [-0.2, -0.15) is 4.98 Å². The zero-order valence-electron chi connectivity index (χ0n) is 12.1. The largest absolute Gasteiger partial charge is 0.476 e. The summed E-state index contributed by atoms with van der Waals surface area (Å²) in [5, 5.41) is 0. The summed E-state index contributed by atoms with van der Waals surface area (Å²) < 4.78 is 5.57. The van der Waals surface area contributed by atoms with Crippen molar-refractivity contribution in [1.82, 2.24) is 9.97 Å². The molecule has 2 rings (SSSR count). The number of ether oxygens (including phenoxy) is 1. The van der Waals surface area contributed by atoms with E-state index in [1.807, 2.05) is 0 Å². The van der Waals surface area contributed by atoms with E-state index in [0.717, 1.165) is 25.3 Å². The van der Waals surface area contributed by atoms with Gasteiger partial charge in [-0.25, -0.2) is 4.98 Å². The normalized spacial score (nSPS) is 23.4. The topological polar surface area (TPSA) is 64.3 Å². The van der Waals surface area contributed by atoms with Crippen LogP contribution in [0.5, 0.6) is 5.88 Å². The van der Waals surface area contributed by atoms with Gasteiger partial charge in [-0.1, -0.05) is 20.8 Å². The van der Waals surface area contributed by atoms with E-state index < -0.39 is 0 Å². The van der Waals surface area contributed by atoms with Crippen LogP contribution in [0.3, 0.4) is 0 Å². The molecule has 2 heterocycles. The minimum atomic E-state index is 0.512. The van der Waals surface area contributed by atoms with Crippen LogP contribution in [-0.4, -0.2) is 29.7 Å². The molecule has 0 radical (unpaired) electrons. The number of hydrogen-bond acceptors (Lipinski definition) is 5. The van der Waals surface area contributed by atoms with Crippen LogP contribution >= 0.6 is 0 Å². The second-order valence-corrected chi connectivity index (χ2v) is 5.62. The zero-order valence-corrected chi connectivity index (χ0v) is 12.1. The molecule has 2 atom stereocenters. The minimum absolute atomic E-state index is 0.512. The van der Waals surface area contributed by atoms with Crippen molar-refractivity contribution in [3.05, 3.63) is 6.33 Å². The third kappa shape index (κ3) is 3.28. The van der Waals surface area contributed by atoms with Gasteiger partial charge in [0.25, 0.3) is 0 Å². The summed E-state index contributed by atoms with van der Waals surface area (Å²) in [7, 11) is 0. The van der Waals surface area contributed by atoms with Crippen LogP contribution in [-0.2, 0) is 0 Å². The molecule has 5 heteroatoms. The number of aromatic nitrogens is 2. The Morgan fingerprint density at radius 2 is 2.00 bits per heavy atom. The van der Waals surface area contributed by atoms with Crippen LogP contribution < -0.4 is 15.4 Å². The van der Waals surface area contributed by atoms with Gasteiger partial charge in [0, 0.05) is 13.1 Å². The summed E-state index contributed by atoms with van der Waals surface area (Å²) in [6.07, 6.45) is 3.75. The standard InChI is InChI=1S/C14H24N4O/c1-4-5-19-14-12(15)13(16-9-17-14)18-7-10(2)6-11(3)8-18/h9-11H,4-8,15H2,1-3H3. The van der Waals surface area contributed by atoms with Crippen LogP contribution in [0.15, 0.2) is 6.33 Å². The van der Waals surface area contributed by atoms with Crippen LogP contribution in [0.25, 0.3) is 0 Å². The van der Waals surface area contributed by atoms with E-state index in [1.54, 1.807) is 6.33 Å². The average Bonchev–Trinajstić information content (AvgIpc) is 2.36. The Labute approximate surface area is 115 Å². The van der Waals surface area contributed by atoms with Crippen molar-refractivity contribution < 1.29 is 4.74 Å². The maximum absolute atomic E-state index is 6.15. The highest BCUT2D eigenvalue weighted by Crippen LogP contribution is 2.32. The van der Waals surface area contributed by atoms with Gasteiger partial charge >= 0.3 is 0 Å². The highest BCUT2D eigenvalue weighted by atomic mass is 16.5. The second-order valence-electron chi connectivity index (χ2n) is 5.62. The van der Waals surface area contributed by atoms with Gasteiger partial charge in [-0.15, -0.1) is 0 Å². The average molecular weight is 264 g/mol. The van der Waals surface area contributed by atoms with E-state index in [2.05, 4.69) is 35.6 Å². The Bertz CT molecular complexity index is 414. The first-order chi connectivity index (χ1) is 9.11. The summed E-state index contributed by atoms with van der Waals surface area (Å²) in [5.74, 6) is 2.66. The molecule has 2 unspecified atom stereocenters. The SMILES string of the molecule is CCCOc1ncnc(N2CC(C)CC(C)C2)c1N. The number of rotatable bonds is 4. The highest BCUT2D eigenvalue weighted by Gasteiger charge is 2.25. The molecule has 1 fully saturated rings. The molecule has 1 aromatic heterocycles. The van der Waals surface area contributed by atoms with Gasteiger partial charge in [0.1, 0.15) is 12.0 Å². The van der Waals surface area contributed by atoms with Crippen molar-refractivity contribution in [2.45, 2.75) is 33.6 Å². The van der Waals surface area contributed by atoms with Crippen LogP contribution in [0.2, 0.25) is 0 Å². The first-order valence-electron chi connectivity index (χ1n) is 7.10. The van der Waals surface area contributed by atoms with Gasteiger partial charge in [0.05, 0.1) is 6.61 Å². The summed E-state index contributed by atoms with van der Waals surface area (Å²) in [5.41, 5.74) is 6.72. The molecule has 106 valence electrons. The van der Waals surface area contributed by atoms with Gasteiger partial charge in [0.15, 0.2) is 5.82 Å². The molecular formula is C14H24N4O. The fourth-order valence-corrected chi connectivity index (χ4v) is 2.77. The summed E-state index contributed by atoms with van der Waals surface area (Å²) in [4.78, 5) is 10.7. The van der Waals surface area contributed by atoms with Crippen molar-refractivity contribution in [2.24, 2.45) is 11.8 Å². The molecule has 1 aromatic rings. The van der Waals surface area contributed by atoms with Crippen molar-refractivity contribution >= 4 is 11.5 Å². The summed E-state index contributed by atoms with van der Waals surface area (Å²) >= 11 is 0. The molecule has 1 aliphatic heterocycles. The summed E-state index contributed by atoms with van der Waals surface area (Å²) in [6.45, 7) is 9.24. The maximum atomic E-state index is 6.15. The number of anilines is 2. The van der Waals surface area contributed by atoms with E-state index in [0.29, 0.717) is 30.0 Å². The van der Waals surface area contributed by atoms with Crippen molar-refractivity contribution in [3.8, 4) is 5.88 Å². The number of hydrogen-bond donors (Lipinski definition) is 1. The maximum Gasteiger partial charge on any atom is 0.242 e.